The quantitative estimate of drug-likeness (QED) is 0.710. The Morgan fingerprint density at radius 2 is 1.54 bits per heavy atom. The van der Waals surface area contributed by atoms with Gasteiger partial charge in [-0.05, 0) is 38.1 Å². The Balaban J connectivity index is 2.17. The number of rotatable bonds is 5. The second-order valence-electron chi connectivity index (χ2n) is 7.06. The van der Waals surface area contributed by atoms with Gasteiger partial charge in [0.25, 0.3) is 10.0 Å². The maximum atomic E-state index is 13.3. The van der Waals surface area contributed by atoms with Crippen molar-refractivity contribution in [2.75, 3.05) is 23.7 Å². The van der Waals surface area contributed by atoms with E-state index in [1.54, 1.807) is 24.3 Å². The Morgan fingerprint density at radius 3 is 2.25 bits per heavy atom. The summed E-state index contributed by atoms with van der Waals surface area (Å²) in [5.41, 5.74) is 1.43. The number of sulfonamides is 1. The second kappa shape index (κ2) is 8.02. The molecular formula is C22H25N3O2S. The van der Waals surface area contributed by atoms with Crippen LogP contribution in [0.25, 0.3) is 10.8 Å². The summed E-state index contributed by atoms with van der Waals surface area (Å²) in [6.45, 7) is 3.91. The predicted octanol–water partition coefficient (Wildman–Crippen LogP) is 4.02. The zero-order valence-electron chi connectivity index (χ0n) is 16.5. The number of fused-ring (bicyclic) bond motifs is 1. The van der Waals surface area contributed by atoms with Gasteiger partial charge >= 0.3 is 0 Å². The van der Waals surface area contributed by atoms with Crippen molar-refractivity contribution in [3.63, 3.8) is 0 Å². The molecule has 0 amide bonds. The van der Waals surface area contributed by atoms with E-state index < -0.39 is 10.0 Å². The number of benzene rings is 2. The maximum absolute atomic E-state index is 13.3. The fourth-order valence-corrected chi connectivity index (χ4v) is 4.40. The third-order valence-electron chi connectivity index (χ3n) is 4.29. The first-order valence-corrected chi connectivity index (χ1v) is 10.6. The number of anilines is 2. The summed E-state index contributed by atoms with van der Waals surface area (Å²) in [5, 5.41) is 2.18. The molecular weight excluding hydrogens is 370 g/mol. The van der Waals surface area contributed by atoms with Crippen LogP contribution in [0.4, 0.5) is 11.4 Å². The highest BCUT2D eigenvalue weighted by Crippen LogP contribution is 2.30. The molecule has 0 aliphatic rings. The number of nitrogens with zero attached hydrogens (tertiary/aromatic N) is 2. The van der Waals surface area contributed by atoms with E-state index in [1.807, 2.05) is 75.3 Å². The van der Waals surface area contributed by atoms with Crippen molar-refractivity contribution in [3.05, 3.63) is 72.1 Å². The molecule has 3 aromatic carbocycles. The lowest BCUT2D eigenvalue weighted by molar-refractivity contribution is 0.602. The highest BCUT2D eigenvalue weighted by Gasteiger charge is 2.19. The van der Waals surface area contributed by atoms with Crippen LogP contribution in [0.2, 0.25) is 0 Å². The van der Waals surface area contributed by atoms with E-state index in [4.69, 9.17) is 0 Å². The molecule has 0 aliphatic heterocycles. The number of hydrogen-bond donors (Lipinski definition) is 1. The zero-order valence-corrected chi connectivity index (χ0v) is 17.4. The van der Waals surface area contributed by atoms with Crippen molar-refractivity contribution >= 4 is 32.2 Å². The molecule has 0 aromatic heterocycles. The number of nitrogens with one attached hydrogen (secondary N) is 1. The molecule has 0 unspecified atom stereocenters. The molecule has 0 spiro atoms. The molecule has 0 atom stereocenters. The third-order valence-corrected chi connectivity index (χ3v) is 5.71. The van der Waals surface area contributed by atoms with Gasteiger partial charge in [0, 0.05) is 36.6 Å². The van der Waals surface area contributed by atoms with Gasteiger partial charge in [0.2, 0.25) is 0 Å². The average molecular weight is 396 g/mol. The standard InChI is InChI=1S/C22H25N3O2S/c1-16(2)23-19-12-6-5-7-13-20(19)24-28(26,27)22-15-9-10-17-18(22)11-8-14-21(17)25(3)4/h5-16H,1-4H3,(H,23,24). The van der Waals surface area contributed by atoms with E-state index >= 15 is 0 Å². The highest BCUT2D eigenvalue weighted by molar-refractivity contribution is 7.93. The lowest BCUT2D eigenvalue weighted by Gasteiger charge is -2.17. The molecule has 146 valence electrons. The first-order chi connectivity index (χ1) is 13.3. The average Bonchev–Trinajstić information content (AvgIpc) is 2.85. The van der Waals surface area contributed by atoms with E-state index in [0.717, 1.165) is 11.1 Å². The van der Waals surface area contributed by atoms with Crippen molar-refractivity contribution in [2.45, 2.75) is 24.8 Å². The van der Waals surface area contributed by atoms with Crippen LogP contribution >= 0.6 is 0 Å². The Bertz CT molecular complexity index is 1170. The van der Waals surface area contributed by atoms with Gasteiger partial charge < -0.3 is 4.90 Å². The van der Waals surface area contributed by atoms with Gasteiger partial charge in [0.15, 0.2) is 0 Å². The lowest BCUT2D eigenvalue weighted by atomic mass is 10.1. The molecule has 0 saturated carbocycles. The fourth-order valence-electron chi connectivity index (χ4n) is 3.10. The van der Waals surface area contributed by atoms with Crippen molar-refractivity contribution in [1.82, 2.24) is 0 Å². The molecule has 0 fully saturated rings. The van der Waals surface area contributed by atoms with E-state index in [0.29, 0.717) is 16.4 Å². The number of hydrogen-bond acceptors (Lipinski definition) is 4. The fraction of sp³-hybridized carbons (Fsp3) is 0.227. The Hall–Kier alpha value is -2.86. The summed E-state index contributed by atoms with van der Waals surface area (Å²) in [5.74, 6) is 0. The summed E-state index contributed by atoms with van der Waals surface area (Å²) in [6, 6.07) is 20.1. The minimum absolute atomic E-state index is 0.0471. The van der Waals surface area contributed by atoms with Crippen LogP contribution in [0.5, 0.6) is 0 Å². The van der Waals surface area contributed by atoms with Crippen molar-refractivity contribution in [3.8, 4) is 0 Å². The largest absolute Gasteiger partial charge is 0.377 e. The Morgan fingerprint density at radius 1 is 0.857 bits per heavy atom. The molecule has 3 rings (SSSR count). The molecule has 3 aromatic rings. The van der Waals surface area contributed by atoms with Crippen LogP contribution in [0.3, 0.4) is 0 Å². The monoisotopic (exact) mass is 395 g/mol. The van der Waals surface area contributed by atoms with Crippen LogP contribution in [0.15, 0.2) is 76.6 Å². The highest BCUT2D eigenvalue weighted by atomic mass is 32.2. The molecule has 0 bridgehead atoms. The minimum atomic E-state index is -3.80. The molecule has 1 N–H and O–H groups in total. The first-order valence-electron chi connectivity index (χ1n) is 9.14. The molecule has 0 aliphatic carbocycles. The molecule has 0 saturated heterocycles. The minimum Gasteiger partial charge on any atom is -0.377 e. The third kappa shape index (κ3) is 4.17. The predicted molar refractivity (Wildman–Crippen MR) is 116 cm³/mol. The molecule has 6 heteroatoms. The van der Waals surface area contributed by atoms with Crippen molar-refractivity contribution < 1.29 is 8.42 Å². The maximum Gasteiger partial charge on any atom is 0.262 e. The van der Waals surface area contributed by atoms with Gasteiger partial charge in [-0.25, -0.2) is 8.42 Å². The summed E-state index contributed by atoms with van der Waals surface area (Å²) >= 11 is 0. The molecule has 28 heavy (non-hydrogen) atoms. The molecule has 0 radical (unpaired) electrons. The molecule has 0 heterocycles. The van der Waals surface area contributed by atoms with E-state index in [2.05, 4.69) is 9.71 Å². The van der Waals surface area contributed by atoms with Crippen LogP contribution in [-0.4, -0.2) is 28.6 Å². The van der Waals surface area contributed by atoms with Crippen LogP contribution < -0.4 is 15.0 Å². The van der Waals surface area contributed by atoms with E-state index in [1.165, 1.54) is 0 Å². The van der Waals surface area contributed by atoms with Crippen LogP contribution in [0, 0.1) is 0 Å². The summed E-state index contributed by atoms with van der Waals surface area (Å²) < 4.78 is 29.3. The van der Waals surface area contributed by atoms with Gasteiger partial charge in [-0.2, -0.15) is 0 Å². The molecule has 5 nitrogen and oxygen atoms in total. The van der Waals surface area contributed by atoms with Crippen LogP contribution in [0.1, 0.15) is 13.8 Å². The topological polar surface area (TPSA) is 61.8 Å². The van der Waals surface area contributed by atoms with Gasteiger partial charge in [-0.3, -0.25) is 9.71 Å². The van der Waals surface area contributed by atoms with Crippen molar-refractivity contribution in [1.29, 1.82) is 0 Å². The van der Waals surface area contributed by atoms with Gasteiger partial charge in [-0.1, -0.05) is 42.5 Å². The summed E-state index contributed by atoms with van der Waals surface area (Å²) in [4.78, 5) is 6.76. The van der Waals surface area contributed by atoms with E-state index in [-0.39, 0.29) is 10.9 Å². The SMILES string of the molecule is CC(C)N=c1cccccc1NS(=O)(=O)c1cccc2c(N(C)C)cccc12. The Kier molecular flexibility index (Phi) is 5.70. The normalized spacial score (nSPS) is 12.4. The van der Waals surface area contributed by atoms with Gasteiger partial charge in [0.1, 0.15) is 0 Å². The summed E-state index contributed by atoms with van der Waals surface area (Å²) in [6.07, 6.45) is 0. The second-order valence-corrected chi connectivity index (χ2v) is 8.71. The lowest BCUT2D eigenvalue weighted by Crippen LogP contribution is -2.19. The smallest absolute Gasteiger partial charge is 0.262 e. The van der Waals surface area contributed by atoms with Gasteiger partial charge in [0.05, 0.1) is 15.9 Å². The zero-order chi connectivity index (χ0) is 20.3. The van der Waals surface area contributed by atoms with Gasteiger partial charge in [-0.15, -0.1) is 0 Å². The van der Waals surface area contributed by atoms with E-state index in [9.17, 15) is 8.42 Å². The van der Waals surface area contributed by atoms with Crippen molar-refractivity contribution in [2.24, 2.45) is 4.99 Å². The first kappa shape index (κ1) is 19.9. The Labute approximate surface area is 166 Å². The summed E-state index contributed by atoms with van der Waals surface area (Å²) in [7, 11) is 0.0854. The van der Waals surface area contributed by atoms with Crippen LogP contribution in [-0.2, 0) is 10.0 Å².